The van der Waals surface area contributed by atoms with Crippen LogP contribution in [-0.4, -0.2) is 91.6 Å². The van der Waals surface area contributed by atoms with Crippen molar-refractivity contribution >= 4 is 33.3 Å². The van der Waals surface area contributed by atoms with Crippen molar-refractivity contribution in [1.82, 2.24) is 19.9 Å². The van der Waals surface area contributed by atoms with E-state index in [-0.39, 0.29) is 19.8 Å². The number of pyridine rings is 1. The maximum Gasteiger partial charge on any atom is 0.225 e. The van der Waals surface area contributed by atoms with E-state index in [0.717, 1.165) is 33.8 Å². The largest absolute Gasteiger partial charge is 0.396 e. The van der Waals surface area contributed by atoms with E-state index in [1.807, 2.05) is 19.2 Å². The number of rotatable bonds is 10. The van der Waals surface area contributed by atoms with Gasteiger partial charge in [-0.1, -0.05) is 0 Å². The molecule has 1 unspecified atom stereocenters. The molecule has 6 N–H and O–H groups in total. The second-order valence-electron chi connectivity index (χ2n) is 9.58. The molecular weight excluding hydrogens is 484 g/mol. The first-order chi connectivity index (χ1) is 17.4. The predicted molar refractivity (Wildman–Crippen MR) is 136 cm³/mol. The quantitative estimate of drug-likeness (QED) is 0.230. The van der Waals surface area contributed by atoms with Crippen molar-refractivity contribution in [3.63, 3.8) is 0 Å². The molecule has 0 radical (unpaired) electrons. The van der Waals surface area contributed by atoms with Gasteiger partial charge in [-0.05, 0) is 32.3 Å². The number of anilines is 2. The molecule has 0 aliphatic heterocycles. The Labute approximate surface area is 212 Å². The van der Waals surface area contributed by atoms with Gasteiger partial charge in [-0.3, -0.25) is 4.98 Å². The monoisotopic (exact) mass is 516 g/mol. The van der Waals surface area contributed by atoms with Gasteiger partial charge in [-0.25, -0.2) is 9.97 Å². The number of aromatic nitrogens is 4. The summed E-state index contributed by atoms with van der Waals surface area (Å²) in [6.45, 7) is 1.74. The third-order valence-corrected chi connectivity index (χ3v) is 7.92. The normalized spacial score (nSPS) is 24.8. The highest BCUT2D eigenvalue weighted by Crippen LogP contribution is 2.44. The van der Waals surface area contributed by atoms with Crippen molar-refractivity contribution in [2.75, 3.05) is 37.6 Å². The van der Waals surface area contributed by atoms with Gasteiger partial charge in [0.25, 0.3) is 0 Å². The number of aliphatic hydroxyl groups is 4. The summed E-state index contributed by atoms with van der Waals surface area (Å²) in [5.41, 5.74) is 3.28. The Hall–Kier alpha value is -2.48. The van der Waals surface area contributed by atoms with Gasteiger partial charge in [0.15, 0.2) is 0 Å². The Morgan fingerprint density at radius 1 is 1.17 bits per heavy atom. The van der Waals surface area contributed by atoms with Gasteiger partial charge >= 0.3 is 0 Å². The van der Waals surface area contributed by atoms with Crippen LogP contribution in [0.1, 0.15) is 36.6 Å². The number of fused-ring (bicyclic) bond motifs is 1. The number of nitrogens with one attached hydrogen (secondary N) is 2. The highest BCUT2D eigenvalue weighted by Gasteiger charge is 2.41. The SMILES string of the molecule is COCC(CO)Nc1nc(C)c(-c2nc3c(C4CC4)nccc3s2)c(N[C@@H]2C[C@H](CO)[C@@H](O)[C@H]2O)n1. The fraction of sp³-hybridized carbons (Fsp3) is 0.583. The summed E-state index contributed by atoms with van der Waals surface area (Å²) in [6, 6.07) is 1.03. The first-order valence-corrected chi connectivity index (χ1v) is 13.0. The van der Waals surface area contributed by atoms with E-state index in [9.17, 15) is 20.4 Å². The molecule has 2 aliphatic carbocycles. The van der Waals surface area contributed by atoms with Gasteiger partial charge in [-0.15, -0.1) is 11.3 Å². The lowest BCUT2D eigenvalue weighted by Gasteiger charge is -2.22. The van der Waals surface area contributed by atoms with Crippen LogP contribution in [0.3, 0.4) is 0 Å². The molecule has 0 aromatic carbocycles. The van der Waals surface area contributed by atoms with Gasteiger partial charge in [0.2, 0.25) is 5.95 Å². The third kappa shape index (κ3) is 4.89. The van der Waals surface area contributed by atoms with Gasteiger partial charge < -0.3 is 35.8 Å². The zero-order valence-electron chi connectivity index (χ0n) is 20.3. The van der Waals surface area contributed by atoms with Crippen LogP contribution in [0.2, 0.25) is 0 Å². The van der Waals surface area contributed by atoms with E-state index in [1.165, 1.54) is 11.3 Å². The molecule has 0 bridgehead atoms. The number of hydrogen-bond donors (Lipinski definition) is 6. The third-order valence-electron chi connectivity index (χ3n) is 6.88. The molecule has 36 heavy (non-hydrogen) atoms. The Bertz CT molecular complexity index is 1220. The zero-order valence-corrected chi connectivity index (χ0v) is 21.1. The van der Waals surface area contributed by atoms with Crippen molar-refractivity contribution in [3.05, 3.63) is 23.7 Å². The molecule has 3 aromatic heterocycles. The zero-order chi connectivity index (χ0) is 25.4. The van der Waals surface area contributed by atoms with Gasteiger partial charge in [0, 0.05) is 31.7 Å². The Morgan fingerprint density at radius 3 is 2.64 bits per heavy atom. The molecule has 0 saturated heterocycles. The summed E-state index contributed by atoms with van der Waals surface area (Å²) in [4.78, 5) is 18.8. The van der Waals surface area contributed by atoms with Crippen LogP contribution in [0.4, 0.5) is 11.8 Å². The lowest BCUT2D eigenvalue weighted by molar-refractivity contribution is 0.00446. The second kappa shape index (κ2) is 10.5. The molecule has 2 fully saturated rings. The van der Waals surface area contributed by atoms with Gasteiger partial charge in [0.05, 0.1) is 53.1 Å². The molecule has 3 aromatic rings. The maximum atomic E-state index is 10.6. The molecule has 5 rings (SSSR count). The number of hydrogen-bond acceptors (Lipinski definition) is 12. The Kier molecular flexibility index (Phi) is 7.33. The molecule has 2 aliphatic rings. The van der Waals surface area contributed by atoms with Gasteiger partial charge in [-0.2, -0.15) is 4.98 Å². The van der Waals surface area contributed by atoms with Crippen molar-refractivity contribution in [1.29, 1.82) is 0 Å². The number of nitrogens with zero attached hydrogens (tertiary/aromatic N) is 4. The fourth-order valence-corrected chi connectivity index (χ4v) is 5.85. The van der Waals surface area contributed by atoms with Crippen LogP contribution >= 0.6 is 11.3 Å². The Morgan fingerprint density at radius 2 is 1.97 bits per heavy atom. The van der Waals surface area contributed by atoms with Crippen LogP contribution < -0.4 is 10.6 Å². The number of methoxy groups -OCH3 is 1. The van der Waals surface area contributed by atoms with Crippen molar-refractivity contribution in [2.24, 2.45) is 5.92 Å². The van der Waals surface area contributed by atoms with Crippen molar-refractivity contribution in [2.45, 2.75) is 56.4 Å². The van der Waals surface area contributed by atoms with Gasteiger partial charge in [0.1, 0.15) is 22.4 Å². The summed E-state index contributed by atoms with van der Waals surface area (Å²) in [5.74, 6) is 0.764. The lowest BCUT2D eigenvalue weighted by atomic mass is 10.1. The van der Waals surface area contributed by atoms with Crippen molar-refractivity contribution in [3.8, 4) is 10.6 Å². The number of ether oxygens (including phenoxy) is 1. The van der Waals surface area contributed by atoms with E-state index >= 15 is 0 Å². The predicted octanol–water partition coefficient (Wildman–Crippen LogP) is 1.27. The number of aryl methyl sites for hydroxylation is 1. The van der Waals surface area contributed by atoms with Crippen LogP contribution in [-0.2, 0) is 4.74 Å². The molecule has 0 amide bonds. The minimum absolute atomic E-state index is 0.165. The molecule has 11 nitrogen and oxygen atoms in total. The van der Waals surface area contributed by atoms with Crippen LogP contribution in [0, 0.1) is 12.8 Å². The first-order valence-electron chi connectivity index (χ1n) is 12.2. The molecule has 0 spiro atoms. The standard InChI is InChI=1S/C24H32N6O5S/c1-11-17(23-29-19-16(36-23)5-6-25-18(19)12-3-4-12)22(28-15-7-13(8-31)20(33)21(15)34)30-24(26-11)27-14(9-32)10-35-2/h5-6,12-15,20-21,31-34H,3-4,7-10H2,1-2H3,(H2,26,27,28,30)/t13-,14?,15-,20-,21+/m1/s1. The fourth-order valence-electron chi connectivity index (χ4n) is 4.78. The van der Waals surface area contributed by atoms with Crippen LogP contribution in [0.5, 0.6) is 0 Å². The summed E-state index contributed by atoms with van der Waals surface area (Å²) < 4.78 is 6.19. The lowest BCUT2D eigenvalue weighted by Crippen LogP contribution is -2.36. The molecule has 12 heteroatoms. The Balaban J connectivity index is 1.56. The van der Waals surface area contributed by atoms with E-state index in [2.05, 4.69) is 25.6 Å². The minimum Gasteiger partial charge on any atom is -0.396 e. The summed E-state index contributed by atoms with van der Waals surface area (Å²) in [7, 11) is 1.55. The molecule has 5 atom stereocenters. The smallest absolute Gasteiger partial charge is 0.225 e. The van der Waals surface area contributed by atoms with E-state index in [1.54, 1.807) is 7.11 Å². The highest BCUT2D eigenvalue weighted by molar-refractivity contribution is 7.21. The van der Waals surface area contributed by atoms with Crippen LogP contribution in [0.15, 0.2) is 12.3 Å². The van der Waals surface area contributed by atoms with E-state index in [0.29, 0.717) is 35.4 Å². The summed E-state index contributed by atoms with van der Waals surface area (Å²) >= 11 is 1.53. The topological polar surface area (TPSA) is 166 Å². The summed E-state index contributed by atoms with van der Waals surface area (Å²) in [5, 5.41) is 47.4. The van der Waals surface area contributed by atoms with Crippen LogP contribution in [0.25, 0.3) is 20.8 Å². The molecule has 2 saturated carbocycles. The van der Waals surface area contributed by atoms with E-state index in [4.69, 9.17) is 9.72 Å². The maximum absolute atomic E-state index is 10.6. The second-order valence-corrected chi connectivity index (χ2v) is 10.6. The summed E-state index contributed by atoms with van der Waals surface area (Å²) in [6.07, 6.45) is 2.34. The van der Waals surface area contributed by atoms with E-state index < -0.39 is 30.2 Å². The average molecular weight is 517 g/mol. The highest BCUT2D eigenvalue weighted by atomic mass is 32.1. The molecule has 3 heterocycles. The number of aliphatic hydroxyl groups excluding tert-OH is 4. The first kappa shape index (κ1) is 25.2. The number of thiazole rings is 1. The minimum atomic E-state index is -1.07. The molecule has 194 valence electrons. The molecular formula is C24H32N6O5S. The van der Waals surface area contributed by atoms with Crippen molar-refractivity contribution < 1.29 is 25.2 Å². The average Bonchev–Trinajstić information content (AvgIpc) is 3.56.